The molecule has 0 unspecified atom stereocenters. The average molecular weight is 296 g/mol. The van der Waals surface area contributed by atoms with E-state index in [-0.39, 0.29) is 10.1 Å². The van der Waals surface area contributed by atoms with Gasteiger partial charge in [0.1, 0.15) is 4.66 Å². The lowest BCUT2D eigenvalue weighted by atomic mass is 9.83. The number of alkyl halides is 1. The number of nitrogens with zero attached hydrogens (tertiary/aromatic N) is 1. The number of hydrogen-bond acceptors (Lipinski definition) is 2. The molecule has 0 atom stereocenters. The highest BCUT2D eigenvalue weighted by molar-refractivity contribution is 9.10. The van der Waals surface area contributed by atoms with Crippen molar-refractivity contribution in [2.45, 2.75) is 27.2 Å². The van der Waals surface area contributed by atoms with Gasteiger partial charge < -0.3 is 0 Å². The largest absolute Gasteiger partial charge is 0.224 e. The number of sulfonamides is 1. The van der Waals surface area contributed by atoms with Gasteiger partial charge in [0.2, 0.25) is 10.0 Å². The van der Waals surface area contributed by atoms with E-state index in [0.717, 1.165) is 6.42 Å². The van der Waals surface area contributed by atoms with Crippen molar-refractivity contribution >= 4 is 26.0 Å². The van der Waals surface area contributed by atoms with E-state index in [2.05, 4.69) is 36.7 Å². The summed E-state index contributed by atoms with van der Waals surface area (Å²) < 4.78 is 24.7. The molecule has 0 aromatic rings. The molecule has 1 aliphatic rings. The van der Waals surface area contributed by atoms with Crippen LogP contribution in [0.1, 0.15) is 27.2 Å². The summed E-state index contributed by atoms with van der Waals surface area (Å²) >= 11 is 3.01. The molecule has 88 valence electrons. The van der Waals surface area contributed by atoms with Gasteiger partial charge in [-0.25, -0.2) is 8.42 Å². The van der Waals surface area contributed by atoms with Crippen LogP contribution in [0, 0.1) is 5.41 Å². The molecule has 1 aliphatic heterocycles. The van der Waals surface area contributed by atoms with Gasteiger partial charge in [-0.05, 0) is 11.8 Å². The zero-order chi connectivity index (χ0) is 11.7. The summed E-state index contributed by atoms with van der Waals surface area (Å²) in [5, 5.41) is 0. The van der Waals surface area contributed by atoms with Crippen LogP contribution >= 0.6 is 15.9 Å². The first kappa shape index (κ1) is 13.2. The molecule has 3 nitrogen and oxygen atoms in total. The predicted molar refractivity (Wildman–Crippen MR) is 66.4 cm³/mol. The third-order valence-corrected chi connectivity index (χ3v) is 5.80. The Balaban J connectivity index is 2.75. The second-order valence-corrected chi connectivity index (χ2v) is 8.08. The zero-order valence-corrected chi connectivity index (χ0v) is 11.9. The van der Waals surface area contributed by atoms with Crippen molar-refractivity contribution < 1.29 is 8.42 Å². The second-order valence-electron chi connectivity index (χ2n) is 4.81. The van der Waals surface area contributed by atoms with Gasteiger partial charge in [-0.3, -0.25) is 0 Å². The minimum absolute atomic E-state index is 0.0126. The fraction of sp³-hybridized carbons (Fsp3) is 0.800. The van der Waals surface area contributed by atoms with E-state index in [4.69, 9.17) is 0 Å². The van der Waals surface area contributed by atoms with Gasteiger partial charge in [-0.2, -0.15) is 4.31 Å². The van der Waals surface area contributed by atoms with Crippen LogP contribution in [0.2, 0.25) is 0 Å². The topological polar surface area (TPSA) is 37.4 Å². The van der Waals surface area contributed by atoms with Crippen molar-refractivity contribution in [1.29, 1.82) is 0 Å². The summed E-state index contributed by atoms with van der Waals surface area (Å²) in [6.45, 7) is 7.60. The minimum Gasteiger partial charge on any atom is -0.211 e. The molecule has 0 aliphatic carbocycles. The Kier molecular flexibility index (Phi) is 4.01. The van der Waals surface area contributed by atoms with Crippen molar-refractivity contribution in [2.75, 3.05) is 17.8 Å². The van der Waals surface area contributed by atoms with Crippen LogP contribution in [0.4, 0.5) is 0 Å². The molecule has 1 rings (SSSR count). The Bertz CT molecular complexity index is 354. The summed E-state index contributed by atoms with van der Waals surface area (Å²) in [4.78, 5) is 0. The highest BCUT2D eigenvalue weighted by Gasteiger charge is 2.26. The standard InChI is InChI=1S/C10H18BrNO2S/c1-10(2,3)9-4-6-12(7-5-9)15(13,14)8-11/h4H,5-8H2,1-3H3. The lowest BCUT2D eigenvalue weighted by molar-refractivity contribution is 0.391. The van der Waals surface area contributed by atoms with E-state index >= 15 is 0 Å². The van der Waals surface area contributed by atoms with Crippen molar-refractivity contribution in [2.24, 2.45) is 5.41 Å². The monoisotopic (exact) mass is 295 g/mol. The van der Waals surface area contributed by atoms with Crippen LogP contribution in [0.3, 0.4) is 0 Å². The van der Waals surface area contributed by atoms with E-state index in [0.29, 0.717) is 13.1 Å². The molecule has 0 radical (unpaired) electrons. The van der Waals surface area contributed by atoms with E-state index < -0.39 is 10.0 Å². The van der Waals surface area contributed by atoms with E-state index in [1.54, 1.807) is 0 Å². The Hall–Kier alpha value is 0.130. The molecule has 0 aromatic heterocycles. The van der Waals surface area contributed by atoms with Crippen LogP contribution in [-0.4, -0.2) is 30.5 Å². The van der Waals surface area contributed by atoms with Gasteiger partial charge in [0.25, 0.3) is 0 Å². The normalized spacial score (nSPS) is 20.1. The molecule has 0 saturated carbocycles. The van der Waals surface area contributed by atoms with Gasteiger partial charge in [0.05, 0.1) is 0 Å². The highest BCUT2D eigenvalue weighted by atomic mass is 79.9. The first-order valence-corrected chi connectivity index (χ1v) is 7.74. The second kappa shape index (κ2) is 4.55. The Morgan fingerprint density at radius 3 is 2.40 bits per heavy atom. The fourth-order valence-corrected chi connectivity index (χ4v) is 3.33. The maximum absolute atomic E-state index is 11.6. The molecule has 0 fully saturated rings. The first-order chi connectivity index (χ1) is 6.77. The van der Waals surface area contributed by atoms with E-state index in [1.165, 1.54) is 9.88 Å². The smallest absolute Gasteiger partial charge is 0.211 e. The van der Waals surface area contributed by atoms with Crippen LogP contribution < -0.4 is 0 Å². The first-order valence-electron chi connectivity index (χ1n) is 5.00. The van der Waals surface area contributed by atoms with Gasteiger partial charge in [-0.15, -0.1) is 0 Å². The molecule has 0 aromatic carbocycles. The van der Waals surface area contributed by atoms with E-state index in [1.807, 2.05) is 6.08 Å². The minimum atomic E-state index is -3.08. The predicted octanol–water partition coefficient (Wildman–Crippen LogP) is 2.35. The molecule has 1 heterocycles. The maximum Gasteiger partial charge on any atom is 0.224 e. The molecular weight excluding hydrogens is 278 g/mol. The molecule has 5 heteroatoms. The number of rotatable bonds is 2. The molecule has 15 heavy (non-hydrogen) atoms. The van der Waals surface area contributed by atoms with Crippen molar-refractivity contribution in [3.8, 4) is 0 Å². The highest BCUT2D eigenvalue weighted by Crippen LogP contribution is 2.30. The maximum atomic E-state index is 11.6. The SMILES string of the molecule is CC(C)(C)C1=CCN(S(=O)(=O)CBr)CC1. The molecule has 0 bridgehead atoms. The van der Waals surface area contributed by atoms with Gasteiger partial charge >= 0.3 is 0 Å². The summed E-state index contributed by atoms with van der Waals surface area (Å²) in [5.74, 6) is 0. The number of halogens is 1. The van der Waals surface area contributed by atoms with Crippen molar-refractivity contribution in [1.82, 2.24) is 4.31 Å². The Labute approximate surface area is 101 Å². The van der Waals surface area contributed by atoms with E-state index in [9.17, 15) is 8.42 Å². The van der Waals surface area contributed by atoms with Crippen LogP contribution in [0.5, 0.6) is 0 Å². The third-order valence-electron chi connectivity index (χ3n) is 2.67. The van der Waals surface area contributed by atoms with Crippen LogP contribution in [0.25, 0.3) is 0 Å². The lowest BCUT2D eigenvalue weighted by Crippen LogP contribution is -2.36. The molecule has 0 spiro atoms. The molecule has 0 amide bonds. The van der Waals surface area contributed by atoms with Crippen molar-refractivity contribution in [3.63, 3.8) is 0 Å². The third kappa shape index (κ3) is 3.29. The Morgan fingerprint density at radius 1 is 1.47 bits per heavy atom. The molecule has 0 saturated heterocycles. The number of hydrogen-bond donors (Lipinski definition) is 0. The lowest BCUT2D eigenvalue weighted by Gasteiger charge is -2.31. The van der Waals surface area contributed by atoms with Gasteiger partial charge in [0, 0.05) is 13.1 Å². The van der Waals surface area contributed by atoms with Crippen molar-refractivity contribution in [3.05, 3.63) is 11.6 Å². The summed E-state index contributed by atoms with van der Waals surface area (Å²) in [6.07, 6.45) is 2.89. The fourth-order valence-electron chi connectivity index (χ4n) is 1.65. The average Bonchev–Trinajstić information content (AvgIpc) is 2.17. The quantitative estimate of drug-likeness (QED) is 0.579. The van der Waals surface area contributed by atoms with Gasteiger partial charge in [-0.1, -0.05) is 48.4 Å². The summed E-state index contributed by atoms with van der Waals surface area (Å²) in [6, 6.07) is 0. The molecule has 0 N–H and O–H groups in total. The summed E-state index contributed by atoms with van der Waals surface area (Å²) in [7, 11) is -3.08. The summed E-state index contributed by atoms with van der Waals surface area (Å²) in [5.41, 5.74) is 1.51. The molecular formula is C10H18BrNO2S. The van der Waals surface area contributed by atoms with Crippen LogP contribution in [-0.2, 0) is 10.0 Å². The zero-order valence-electron chi connectivity index (χ0n) is 9.46. The van der Waals surface area contributed by atoms with Gasteiger partial charge in [0.15, 0.2) is 0 Å². The van der Waals surface area contributed by atoms with Crippen LogP contribution in [0.15, 0.2) is 11.6 Å². The Morgan fingerprint density at radius 2 is 2.07 bits per heavy atom.